The highest BCUT2D eigenvalue weighted by atomic mass is 16.4. The smallest absolute Gasteiger partial charge is 0.300 e. The lowest BCUT2D eigenvalue weighted by atomic mass is 10.1. The molecular weight excluding hydrogens is 180 g/mol. The molecule has 0 saturated carbocycles. The van der Waals surface area contributed by atoms with E-state index in [1.807, 2.05) is 0 Å². The molecule has 1 heterocycles. The molecular formula is C10H22N2O2. The average molecular weight is 202 g/mol. The Morgan fingerprint density at radius 3 is 2.07 bits per heavy atom. The summed E-state index contributed by atoms with van der Waals surface area (Å²) in [5.41, 5.74) is 6.09. The van der Waals surface area contributed by atoms with Crippen LogP contribution in [-0.2, 0) is 4.79 Å². The molecule has 0 aromatic heterocycles. The molecule has 0 aromatic rings. The van der Waals surface area contributed by atoms with Crippen LogP contribution in [0.2, 0.25) is 0 Å². The van der Waals surface area contributed by atoms with E-state index in [0.29, 0.717) is 11.6 Å². The standard InChI is InChI=1S/C8H18N2.C2H4O2/c1-8(2,3)10-5-4-7(9)6-10;1-2(3)4/h7H,4-6,9H2,1-3H3;1H3,(H,3,4)/t7-;/m0./s1. The molecule has 1 fully saturated rings. The van der Waals surface area contributed by atoms with Crippen molar-refractivity contribution in [2.75, 3.05) is 13.1 Å². The van der Waals surface area contributed by atoms with Crippen LogP contribution in [0.25, 0.3) is 0 Å². The van der Waals surface area contributed by atoms with E-state index in [9.17, 15) is 0 Å². The molecule has 1 saturated heterocycles. The first kappa shape index (κ1) is 13.4. The lowest BCUT2D eigenvalue weighted by Crippen LogP contribution is -2.40. The summed E-state index contributed by atoms with van der Waals surface area (Å²) < 4.78 is 0. The highest BCUT2D eigenvalue weighted by Gasteiger charge is 2.27. The number of nitrogens with zero attached hydrogens (tertiary/aromatic N) is 1. The molecule has 1 atom stereocenters. The molecule has 4 heteroatoms. The molecule has 0 amide bonds. The van der Waals surface area contributed by atoms with Crippen LogP contribution in [0.15, 0.2) is 0 Å². The fourth-order valence-corrected chi connectivity index (χ4v) is 1.40. The van der Waals surface area contributed by atoms with Crippen LogP contribution in [0.3, 0.4) is 0 Å². The molecule has 1 aliphatic heterocycles. The molecule has 0 bridgehead atoms. The number of hydrogen-bond acceptors (Lipinski definition) is 3. The second-order valence-corrected chi connectivity index (χ2v) is 4.68. The first-order valence-electron chi connectivity index (χ1n) is 4.93. The van der Waals surface area contributed by atoms with Crippen LogP contribution >= 0.6 is 0 Å². The number of likely N-dealkylation sites (tertiary alicyclic amines) is 1. The van der Waals surface area contributed by atoms with Gasteiger partial charge >= 0.3 is 0 Å². The van der Waals surface area contributed by atoms with Crippen LogP contribution in [0.1, 0.15) is 34.1 Å². The summed E-state index contributed by atoms with van der Waals surface area (Å²) in [5.74, 6) is -0.833. The molecule has 0 spiro atoms. The van der Waals surface area contributed by atoms with Crippen molar-refractivity contribution in [3.8, 4) is 0 Å². The highest BCUT2D eigenvalue weighted by molar-refractivity contribution is 5.62. The van der Waals surface area contributed by atoms with Crippen LogP contribution in [0.4, 0.5) is 0 Å². The van der Waals surface area contributed by atoms with E-state index in [4.69, 9.17) is 15.6 Å². The Bertz CT molecular complexity index is 183. The van der Waals surface area contributed by atoms with Gasteiger partial charge in [0.25, 0.3) is 5.97 Å². The number of nitrogens with two attached hydrogens (primary N) is 1. The summed E-state index contributed by atoms with van der Waals surface area (Å²) >= 11 is 0. The Balaban J connectivity index is 0.000000364. The SMILES string of the molecule is CC(=O)O.CC(C)(C)N1CC[C@H](N)C1. The third-order valence-electron chi connectivity index (χ3n) is 2.17. The molecule has 84 valence electrons. The number of carboxylic acids is 1. The van der Waals surface area contributed by atoms with Crippen molar-refractivity contribution in [1.82, 2.24) is 4.90 Å². The fraction of sp³-hybridized carbons (Fsp3) is 0.900. The highest BCUT2D eigenvalue weighted by Crippen LogP contribution is 2.18. The van der Waals surface area contributed by atoms with Gasteiger partial charge in [-0.05, 0) is 27.2 Å². The Labute approximate surface area is 86.1 Å². The lowest BCUT2D eigenvalue weighted by Gasteiger charge is -2.31. The van der Waals surface area contributed by atoms with E-state index in [2.05, 4.69) is 25.7 Å². The molecule has 0 unspecified atom stereocenters. The van der Waals surface area contributed by atoms with Gasteiger partial charge in [-0.2, -0.15) is 0 Å². The molecule has 1 rings (SSSR count). The zero-order chi connectivity index (χ0) is 11.4. The summed E-state index contributed by atoms with van der Waals surface area (Å²) in [5, 5.41) is 7.42. The Kier molecular flexibility index (Phi) is 5.08. The maximum Gasteiger partial charge on any atom is 0.300 e. The third-order valence-corrected chi connectivity index (χ3v) is 2.17. The van der Waals surface area contributed by atoms with Crippen molar-refractivity contribution in [2.24, 2.45) is 5.73 Å². The van der Waals surface area contributed by atoms with Gasteiger partial charge in [0, 0.05) is 31.6 Å². The summed E-state index contributed by atoms with van der Waals surface area (Å²) in [6.45, 7) is 10.1. The van der Waals surface area contributed by atoms with Crippen LogP contribution in [0, 0.1) is 0 Å². The van der Waals surface area contributed by atoms with Crippen molar-refractivity contribution in [1.29, 1.82) is 0 Å². The lowest BCUT2D eigenvalue weighted by molar-refractivity contribution is -0.134. The van der Waals surface area contributed by atoms with Gasteiger partial charge in [0.2, 0.25) is 0 Å². The van der Waals surface area contributed by atoms with E-state index < -0.39 is 5.97 Å². The van der Waals surface area contributed by atoms with Gasteiger partial charge in [0.15, 0.2) is 0 Å². The van der Waals surface area contributed by atoms with E-state index >= 15 is 0 Å². The van der Waals surface area contributed by atoms with Gasteiger partial charge in [0.1, 0.15) is 0 Å². The average Bonchev–Trinajstić information content (AvgIpc) is 2.32. The van der Waals surface area contributed by atoms with Gasteiger partial charge < -0.3 is 10.8 Å². The van der Waals surface area contributed by atoms with Gasteiger partial charge in [-0.15, -0.1) is 0 Å². The molecule has 4 nitrogen and oxygen atoms in total. The van der Waals surface area contributed by atoms with Crippen molar-refractivity contribution in [3.05, 3.63) is 0 Å². The molecule has 14 heavy (non-hydrogen) atoms. The van der Waals surface area contributed by atoms with Gasteiger partial charge in [-0.25, -0.2) is 0 Å². The molecule has 0 aromatic carbocycles. The topological polar surface area (TPSA) is 66.6 Å². The molecule has 3 N–H and O–H groups in total. The minimum atomic E-state index is -0.833. The Morgan fingerprint density at radius 2 is 1.93 bits per heavy atom. The number of hydrogen-bond donors (Lipinski definition) is 2. The van der Waals surface area contributed by atoms with E-state index in [0.717, 1.165) is 19.9 Å². The maximum absolute atomic E-state index is 9.00. The zero-order valence-corrected chi connectivity index (χ0v) is 9.58. The van der Waals surface area contributed by atoms with Crippen LogP contribution in [-0.4, -0.2) is 40.6 Å². The number of carboxylic acid groups (broad SMARTS) is 1. The van der Waals surface area contributed by atoms with Gasteiger partial charge in [-0.1, -0.05) is 0 Å². The third kappa shape index (κ3) is 5.94. The van der Waals surface area contributed by atoms with Crippen molar-refractivity contribution in [3.63, 3.8) is 0 Å². The second-order valence-electron chi connectivity index (χ2n) is 4.68. The normalized spacial score (nSPS) is 22.8. The Hall–Kier alpha value is -0.610. The van der Waals surface area contributed by atoms with Crippen molar-refractivity contribution < 1.29 is 9.90 Å². The first-order chi connectivity index (χ1) is 6.23. The van der Waals surface area contributed by atoms with Crippen molar-refractivity contribution >= 4 is 5.97 Å². The van der Waals surface area contributed by atoms with Crippen LogP contribution in [0.5, 0.6) is 0 Å². The predicted molar refractivity (Wildman–Crippen MR) is 57.2 cm³/mol. The quantitative estimate of drug-likeness (QED) is 0.612. The number of carbonyl (C=O) groups is 1. The van der Waals surface area contributed by atoms with E-state index in [1.165, 1.54) is 6.54 Å². The predicted octanol–water partition coefficient (Wildman–Crippen LogP) is 0.909. The molecule has 0 radical (unpaired) electrons. The summed E-state index contributed by atoms with van der Waals surface area (Å²) in [6, 6.07) is 0.416. The molecule has 0 aliphatic carbocycles. The largest absolute Gasteiger partial charge is 0.481 e. The summed E-state index contributed by atoms with van der Waals surface area (Å²) in [7, 11) is 0. The van der Waals surface area contributed by atoms with E-state index in [-0.39, 0.29) is 0 Å². The number of rotatable bonds is 0. The van der Waals surface area contributed by atoms with E-state index in [1.54, 1.807) is 0 Å². The van der Waals surface area contributed by atoms with Gasteiger partial charge in [0.05, 0.1) is 0 Å². The minimum Gasteiger partial charge on any atom is -0.481 e. The zero-order valence-electron chi connectivity index (χ0n) is 9.58. The minimum absolute atomic E-state index is 0.314. The summed E-state index contributed by atoms with van der Waals surface area (Å²) in [4.78, 5) is 11.4. The van der Waals surface area contributed by atoms with Gasteiger partial charge in [-0.3, -0.25) is 9.69 Å². The first-order valence-corrected chi connectivity index (χ1v) is 4.93. The summed E-state index contributed by atoms with van der Waals surface area (Å²) in [6.07, 6.45) is 1.16. The molecule has 1 aliphatic rings. The maximum atomic E-state index is 9.00. The number of aliphatic carboxylic acids is 1. The second kappa shape index (κ2) is 5.32. The van der Waals surface area contributed by atoms with Crippen molar-refractivity contribution in [2.45, 2.75) is 45.7 Å². The van der Waals surface area contributed by atoms with Crippen LogP contribution < -0.4 is 5.73 Å². The Morgan fingerprint density at radius 1 is 1.50 bits per heavy atom. The monoisotopic (exact) mass is 202 g/mol. The fourth-order valence-electron chi connectivity index (χ4n) is 1.40.